The Morgan fingerprint density at radius 2 is 1.70 bits per heavy atom. The van der Waals surface area contributed by atoms with Crippen molar-refractivity contribution >= 4 is 20.1 Å². The fourth-order valence-corrected chi connectivity index (χ4v) is 11.4. The minimum absolute atomic E-state index is 0. The third kappa shape index (κ3) is 12.0. The molecule has 0 saturated heterocycles. The lowest BCUT2D eigenvalue weighted by Crippen LogP contribution is -2.51. The van der Waals surface area contributed by atoms with E-state index >= 15 is 0 Å². The first kappa shape index (κ1) is 46.2. The molecule has 5 rings (SSSR count). The van der Waals surface area contributed by atoms with Crippen molar-refractivity contribution in [2.75, 3.05) is 47.5 Å². The number of quaternary nitrogens is 1. The SMILES string of the molecule is CC(C)CCC[C@@H](C)[C@H]1CC[C@H]2[C@@H]3CC=C4C[C@@H](OC(=O)NC(COC(=O)Oc5ccccc5)COP(=O)(O)OCC[N+](C)(C)C)CC[C@]4(C)[C@H]3CC[C@]12C.[OH-]. The van der Waals surface area contributed by atoms with Gasteiger partial charge >= 0.3 is 20.1 Å². The molecule has 12 nitrogen and oxygen atoms in total. The lowest BCUT2D eigenvalue weighted by atomic mass is 9.47. The minimum Gasteiger partial charge on any atom is -0.870 e. The van der Waals surface area contributed by atoms with Crippen LogP contribution in [0.4, 0.5) is 9.59 Å². The normalized spacial score (nSPS) is 30.6. The lowest BCUT2D eigenvalue weighted by molar-refractivity contribution is -0.870. The number of carbonyl (C=O) groups excluding carboxylic acids is 2. The van der Waals surface area contributed by atoms with E-state index in [4.69, 9.17) is 23.3 Å². The van der Waals surface area contributed by atoms with E-state index in [9.17, 15) is 19.0 Å². The molecule has 56 heavy (non-hydrogen) atoms. The standard InChI is InChI=1S/C43H69N2O9P.H2O/c1-30(2)13-12-14-31(3)37-19-20-38-36-18-17-32-27-35(21-23-42(32,4)39(36)22-24-43(37,38)5)53-40(46)44-33(28-50-41(47)54-34-15-10-9-11-16-34)29-52-55(48,49)51-26-25-45(6,7)8;/h9-11,15-17,30-31,33,35-39H,12-14,18-29H2,1-8H3,(H-,44,46,48,49);1H2/t31-,33?,35+,36+,37-,38+,39+,42+,43-;/m1./s1. The summed E-state index contributed by atoms with van der Waals surface area (Å²) in [6, 6.07) is 7.43. The fourth-order valence-electron chi connectivity index (χ4n) is 10.7. The van der Waals surface area contributed by atoms with Crippen molar-refractivity contribution in [3.05, 3.63) is 42.0 Å². The molecule has 0 aromatic heterocycles. The number of benzene rings is 1. The van der Waals surface area contributed by atoms with Gasteiger partial charge in [0.15, 0.2) is 0 Å². The van der Waals surface area contributed by atoms with Crippen LogP contribution in [0.5, 0.6) is 5.75 Å². The average molecular weight is 807 g/mol. The molecule has 4 aliphatic carbocycles. The summed E-state index contributed by atoms with van der Waals surface area (Å²) in [6.45, 7) is 11.9. The summed E-state index contributed by atoms with van der Waals surface area (Å²) in [7, 11) is 1.35. The van der Waals surface area contributed by atoms with Gasteiger partial charge in [-0.15, -0.1) is 0 Å². The Hall–Kier alpha value is -2.47. The predicted molar refractivity (Wildman–Crippen MR) is 215 cm³/mol. The Morgan fingerprint density at radius 1 is 0.964 bits per heavy atom. The van der Waals surface area contributed by atoms with Crippen molar-refractivity contribution < 1.29 is 52.3 Å². The number of carbonyl (C=O) groups is 2. The van der Waals surface area contributed by atoms with Gasteiger partial charge in [-0.1, -0.05) is 83.7 Å². The molecule has 10 atom stereocenters. The number of phosphoric ester groups is 1. The molecule has 0 aliphatic heterocycles. The molecule has 0 radical (unpaired) electrons. The topological polar surface area (TPSA) is 160 Å². The van der Waals surface area contributed by atoms with Crippen molar-refractivity contribution in [3.8, 4) is 5.75 Å². The van der Waals surface area contributed by atoms with E-state index in [1.807, 2.05) is 21.1 Å². The van der Waals surface area contributed by atoms with Gasteiger partial charge in [-0.2, -0.15) is 0 Å². The van der Waals surface area contributed by atoms with Gasteiger partial charge in [0.2, 0.25) is 0 Å². The van der Waals surface area contributed by atoms with Gasteiger partial charge in [0, 0.05) is 6.42 Å². The molecule has 13 heteroatoms. The molecule has 3 saturated carbocycles. The summed E-state index contributed by atoms with van der Waals surface area (Å²) in [6.07, 6.45) is 13.4. The number of amides is 1. The van der Waals surface area contributed by atoms with Crippen molar-refractivity contribution in [3.63, 3.8) is 0 Å². The van der Waals surface area contributed by atoms with E-state index in [0.29, 0.717) is 34.5 Å². The summed E-state index contributed by atoms with van der Waals surface area (Å²) in [4.78, 5) is 36.1. The molecule has 0 bridgehead atoms. The molecule has 1 amide bonds. The second-order valence-corrected chi connectivity index (χ2v) is 20.4. The van der Waals surface area contributed by atoms with Gasteiger partial charge in [0.25, 0.3) is 0 Å². The maximum absolute atomic E-state index is 13.3. The van der Waals surface area contributed by atoms with Crippen LogP contribution in [0.2, 0.25) is 0 Å². The zero-order valence-corrected chi connectivity index (χ0v) is 36.1. The third-order valence-corrected chi connectivity index (χ3v) is 14.6. The molecule has 0 spiro atoms. The van der Waals surface area contributed by atoms with Crippen LogP contribution in [0.3, 0.4) is 0 Å². The first-order chi connectivity index (χ1) is 25.9. The Morgan fingerprint density at radius 3 is 2.39 bits per heavy atom. The number of hydrogen-bond donors (Lipinski definition) is 2. The number of nitrogens with one attached hydrogen (secondary N) is 1. The first-order valence-corrected chi connectivity index (χ1v) is 22.4. The van der Waals surface area contributed by atoms with E-state index < -0.39 is 32.7 Å². The van der Waals surface area contributed by atoms with Crippen LogP contribution >= 0.6 is 7.82 Å². The molecule has 318 valence electrons. The summed E-state index contributed by atoms with van der Waals surface area (Å²) in [5.74, 6) is 4.83. The summed E-state index contributed by atoms with van der Waals surface area (Å²) in [5.41, 5.74) is 1.96. The van der Waals surface area contributed by atoms with E-state index in [2.05, 4.69) is 46.0 Å². The van der Waals surface area contributed by atoms with Crippen LogP contribution in [-0.4, -0.2) is 86.8 Å². The summed E-state index contributed by atoms with van der Waals surface area (Å²) >= 11 is 0. The van der Waals surface area contributed by atoms with E-state index in [1.54, 1.807) is 30.3 Å². The van der Waals surface area contributed by atoms with Crippen LogP contribution in [0, 0.1) is 46.3 Å². The maximum Gasteiger partial charge on any atom is 0.513 e. The number of phosphoric acid groups is 1. The number of para-hydroxylation sites is 1. The van der Waals surface area contributed by atoms with Crippen molar-refractivity contribution in [1.82, 2.24) is 5.32 Å². The average Bonchev–Trinajstić information content (AvgIpc) is 3.46. The number of alkyl carbamates (subject to hydrolysis) is 1. The lowest BCUT2D eigenvalue weighted by Gasteiger charge is -2.58. The molecule has 1 aromatic rings. The Balaban J connectivity index is 0.00000696. The summed E-state index contributed by atoms with van der Waals surface area (Å²) in [5, 5.41) is 2.69. The number of fused-ring (bicyclic) bond motifs is 5. The minimum atomic E-state index is -4.46. The van der Waals surface area contributed by atoms with Crippen molar-refractivity contribution in [2.24, 2.45) is 46.3 Å². The Bertz CT molecular complexity index is 1520. The highest BCUT2D eigenvalue weighted by atomic mass is 31.2. The number of ether oxygens (including phenoxy) is 3. The van der Waals surface area contributed by atoms with E-state index in [-0.39, 0.29) is 30.2 Å². The van der Waals surface area contributed by atoms with Crippen LogP contribution in [0.15, 0.2) is 42.0 Å². The zero-order valence-electron chi connectivity index (χ0n) is 35.2. The van der Waals surface area contributed by atoms with Crippen molar-refractivity contribution in [1.29, 1.82) is 0 Å². The molecule has 3 N–H and O–H groups in total. The molecule has 3 fully saturated rings. The van der Waals surface area contributed by atoms with Gasteiger partial charge in [0.05, 0.1) is 33.8 Å². The van der Waals surface area contributed by atoms with Crippen LogP contribution in [0.1, 0.15) is 105 Å². The van der Waals surface area contributed by atoms with Gasteiger partial charge in [0.1, 0.15) is 31.6 Å². The summed E-state index contributed by atoms with van der Waals surface area (Å²) < 4.78 is 40.0. The van der Waals surface area contributed by atoms with Gasteiger partial charge in [-0.05, 0) is 103 Å². The maximum atomic E-state index is 13.3. The highest BCUT2D eigenvalue weighted by Gasteiger charge is 2.59. The smallest absolute Gasteiger partial charge is 0.513 e. The van der Waals surface area contributed by atoms with Gasteiger partial charge in [-0.3, -0.25) is 9.05 Å². The first-order valence-electron chi connectivity index (χ1n) is 20.9. The molecular formula is C43H71N2O10P. The molecule has 0 heterocycles. The number of rotatable bonds is 17. The van der Waals surface area contributed by atoms with Gasteiger partial charge in [-0.25, -0.2) is 14.2 Å². The van der Waals surface area contributed by atoms with Crippen LogP contribution in [0.25, 0.3) is 0 Å². The predicted octanol–water partition coefficient (Wildman–Crippen LogP) is 9.37. The monoisotopic (exact) mass is 806 g/mol. The highest BCUT2D eigenvalue weighted by molar-refractivity contribution is 7.47. The van der Waals surface area contributed by atoms with Crippen LogP contribution < -0.4 is 10.1 Å². The number of hydrogen-bond acceptors (Lipinski definition) is 9. The number of nitrogens with zero attached hydrogens (tertiary/aromatic N) is 1. The quantitative estimate of drug-likeness (QED) is 0.0511. The van der Waals surface area contributed by atoms with E-state index in [0.717, 1.165) is 48.9 Å². The van der Waals surface area contributed by atoms with Crippen molar-refractivity contribution in [2.45, 2.75) is 117 Å². The van der Waals surface area contributed by atoms with Crippen LogP contribution in [-0.2, 0) is 23.1 Å². The largest absolute Gasteiger partial charge is 0.870 e. The number of likely N-dealkylation sites (N-methyl/N-ethyl adjacent to an activating group) is 1. The van der Waals surface area contributed by atoms with E-state index in [1.165, 1.54) is 50.5 Å². The zero-order chi connectivity index (χ0) is 40.0. The third-order valence-electron chi connectivity index (χ3n) is 13.7. The second kappa shape index (κ2) is 19.5. The number of allylic oxidation sites excluding steroid dienone is 1. The highest BCUT2D eigenvalue weighted by Crippen LogP contribution is 2.67. The molecule has 1 aromatic carbocycles. The molecule has 4 aliphatic rings. The molecular weight excluding hydrogens is 735 g/mol. The van der Waals surface area contributed by atoms with Gasteiger partial charge < -0.3 is 34.4 Å². The fraction of sp³-hybridized carbons (Fsp3) is 0.767. The second-order valence-electron chi connectivity index (χ2n) is 19.0. The Labute approximate surface area is 335 Å². The Kier molecular flexibility index (Phi) is 16.1. The molecule has 2 unspecified atom stereocenters.